The van der Waals surface area contributed by atoms with E-state index in [0.717, 1.165) is 6.42 Å². The lowest BCUT2D eigenvalue weighted by Gasteiger charge is -2.27. The quantitative estimate of drug-likeness (QED) is 0.743. The zero-order chi connectivity index (χ0) is 14.4. The molecule has 0 saturated heterocycles. The van der Waals surface area contributed by atoms with Gasteiger partial charge in [0.05, 0.1) is 18.2 Å². The van der Waals surface area contributed by atoms with Gasteiger partial charge >= 0.3 is 6.09 Å². The van der Waals surface area contributed by atoms with E-state index in [2.05, 4.69) is 18.8 Å². The average Bonchev–Trinajstić information content (AvgIpc) is 2.21. The molecule has 0 rings (SSSR count). The van der Waals surface area contributed by atoms with E-state index >= 15 is 0 Å². The van der Waals surface area contributed by atoms with Gasteiger partial charge in [0.1, 0.15) is 5.60 Å². The highest BCUT2D eigenvalue weighted by atomic mass is 16.6. The topological polar surface area (TPSA) is 47.6 Å². The Balaban J connectivity index is 4.20. The summed E-state index contributed by atoms with van der Waals surface area (Å²) in [4.78, 5) is 11.6. The molecular weight excluding hydrogens is 230 g/mol. The molecule has 4 nitrogen and oxygen atoms in total. The molecule has 0 unspecified atom stereocenters. The Morgan fingerprint density at radius 2 is 1.89 bits per heavy atom. The number of rotatable bonds is 6. The van der Waals surface area contributed by atoms with Crippen molar-refractivity contribution in [2.45, 2.75) is 65.2 Å². The molecule has 1 N–H and O–H groups in total. The fourth-order valence-electron chi connectivity index (χ4n) is 1.04. The molecule has 0 aromatic heterocycles. The summed E-state index contributed by atoms with van der Waals surface area (Å²) in [6.45, 7) is 15.6. The van der Waals surface area contributed by atoms with Crippen molar-refractivity contribution in [2.24, 2.45) is 0 Å². The van der Waals surface area contributed by atoms with Crippen molar-refractivity contribution < 1.29 is 14.3 Å². The van der Waals surface area contributed by atoms with Crippen LogP contribution in [0.3, 0.4) is 0 Å². The van der Waals surface area contributed by atoms with Crippen LogP contribution in [0.4, 0.5) is 4.79 Å². The molecule has 1 atom stereocenters. The van der Waals surface area contributed by atoms with Crippen LogP contribution in [0.2, 0.25) is 0 Å². The zero-order valence-electron chi connectivity index (χ0n) is 12.5. The van der Waals surface area contributed by atoms with Crippen molar-refractivity contribution in [3.8, 4) is 0 Å². The van der Waals surface area contributed by atoms with Gasteiger partial charge in [-0.15, -0.1) is 6.58 Å². The Labute approximate surface area is 111 Å². The van der Waals surface area contributed by atoms with Crippen LogP contribution in [0.1, 0.15) is 48.0 Å². The first-order chi connectivity index (χ1) is 8.09. The Hall–Kier alpha value is -1.03. The molecule has 106 valence electrons. The molecule has 0 aromatic rings. The normalized spacial score (nSPS) is 13.9. The second-order valence-corrected chi connectivity index (χ2v) is 5.91. The van der Waals surface area contributed by atoms with E-state index in [1.54, 1.807) is 6.08 Å². The molecule has 0 aliphatic rings. The van der Waals surface area contributed by atoms with Crippen molar-refractivity contribution >= 4 is 6.09 Å². The minimum Gasteiger partial charge on any atom is -0.444 e. The summed E-state index contributed by atoms with van der Waals surface area (Å²) in [5.74, 6) is 0. The minimum atomic E-state index is -0.501. The highest BCUT2D eigenvalue weighted by Crippen LogP contribution is 2.14. The largest absolute Gasteiger partial charge is 0.444 e. The van der Waals surface area contributed by atoms with E-state index in [1.807, 2.05) is 34.6 Å². The van der Waals surface area contributed by atoms with Crippen LogP contribution in [0.25, 0.3) is 0 Å². The van der Waals surface area contributed by atoms with Gasteiger partial charge in [-0.3, -0.25) is 0 Å². The van der Waals surface area contributed by atoms with Gasteiger partial charge in [0.2, 0.25) is 0 Å². The number of nitrogens with one attached hydrogen (secondary N) is 1. The zero-order valence-corrected chi connectivity index (χ0v) is 12.5. The standard InChI is InChI=1S/C14H27NO3/c1-8-11(10-17-14(6,7)9-2)15-12(16)18-13(3,4)5/h8,11H,1,9-10H2,2-7H3,(H,15,16)/t11-/m0/s1. The van der Waals surface area contributed by atoms with E-state index in [4.69, 9.17) is 9.47 Å². The maximum absolute atomic E-state index is 11.6. The van der Waals surface area contributed by atoms with Crippen LogP contribution in [0, 0.1) is 0 Å². The molecular formula is C14H27NO3. The predicted molar refractivity (Wildman–Crippen MR) is 73.7 cm³/mol. The summed E-state index contributed by atoms with van der Waals surface area (Å²) in [5, 5.41) is 2.72. The molecule has 0 fully saturated rings. The molecule has 0 bridgehead atoms. The number of carbonyl (C=O) groups excluding carboxylic acids is 1. The summed E-state index contributed by atoms with van der Waals surface area (Å²) >= 11 is 0. The minimum absolute atomic E-state index is 0.198. The number of ether oxygens (including phenoxy) is 2. The second kappa shape index (κ2) is 6.78. The fraction of sp³-hybridized carbons (Fsp3) is 0.786. The van der Waals surface area contributed by atoms with E-state index in [9.17, 15) is 4.79 Å². The van der Waals surface area contributed by atoms with Gasteiger partial charge in [-0.1, -0.05) is 13.0 Å². The lowest BCUT2D eigenvalue weighted by molar-refractivity contribution is -0.0269. The third-order valence-corrected chi connectivity index (χ3v) is 2.49. The van der Waals surface area contributed by atoms with Gasteiger partial charge in [-0.25, -0.2) is 4.79 Å². The Morgan fingerprint density at radius 3 is 2.28 bits per heavy atom. The average molecular weight is 257 g/mol. The molecule has 1 amide bonds. The molecule has 18 heavy (non-hydrogen) atoms. The van der Waals surface area contributed by atoms with E-state index < -0.39 is 11.7 Å². The van der Waals surface area contributed by atoms with Crippen LogP contribution in [0.5, 0.6) is 0 Å². The number of carbonyl (C=O) groups is 1. The second-order valence-electron chi connectivity index (χ2n) is 5.91. The van der Waals surface area contributed by atoms with Crippen LogP contribution >= 0.6 is 0 Å². The first kappa shape index (κ1) is 17.0. The Bertz CT molecular complexity index is 279. The lowest BCUT2D eigenvalue weighted by atomic mass is 10.1. The van der Waals surface area contributed by atoms with Gasteiger partial charge in [0, 0.05) is 0 Å². The number of hydrogen-bond acceptors (Lipinski definition) is 3. The summed E-state index contributed by atoms with van der Waals surface area (Å²) in [6, 6.07) is -0.245. The first-order valence-corrected chi connectivity index (χ1v) is 6.35. The lowest BCUT2D eigenvalue weighted by Crippen LogP contribution is -2.42. The van der Waals surface area contributed by atoms with Crippen molar-refractivity contribution in [3.63, 3.8) is 0 Å². The highest BCUT2D eigenvalue weighted by Gasteiger charge is 2.21. The Morgan fingerprint density at radius 1 is 1.33 bits per heavy atom. The van der Waals surface area contributed by atoms with Gasteiger partial charge in [-0.05, 0) is 41.0 Å². The smallest absolute Gasteiger partial charge is 0.408 e. The van der Waals surface area contributed by atoms with Crippen LogP contribution < -0.4 is 5.32 Å². The molecule has 0 saturated carbocycles. The molecule has 4 heteroatoms. The van der Waals surface area contributed by atoms with Gasteiger partial charge < -0.3 is 14.8 Å². The van der Waals surface area contributed by atoms with Crippen molar-refractivity contribution in [2.75, 3.05) is 6.61 Å². The third kappa shape index (κ3) is 8.12. The molecule has 0 aliphatic heterocycles. The van der Waals surface area contributed by atoms with Crippen LogP contribution in [-0.4, -0.2) is 29.9 Å². The first-order valence-electron chi connectivity index (χ1n) is 6.35. The number of hydrogen-bond donors (Lipinski definition) is 1. The molecule has 0 radical (unpaired) electrons. The van der Waals surface area contributed by atoms with Crippen LogP contribution in [0.15, 0.2) is 12.7 Å². The molecule has 0 aliphatic carbocycles. The molecule has 0 heterocycles. The molecule has 0 aromatic carbocycles. The molecule has 0 spiro atoms. The van der Waals surface area contributed by atoms with E-state index in [0.29, 0.717) is 6.61 Å². The SMILES string of the molecule is C=C[C@@H](COC(C)(C)CC)NC(=O)OC(C)(C)C. The van der Waals surface area contributed by atoms with Crippen molar-refractivity contribution in [3.05, 3.63) is 12.7 Å². The Kier molecular flexibility index (Phi) is 6.39. The van der Waals surface area contributed by atoms with Crippen molar-refractivity contribution in [1.82, 2.24) is 5.32 Å². The summed E-state index contributed by atoms with van der Waals surface area (Å²) in [5.41, 5.74) is -0.698. The van der Waals surface area contributed by atoms with Gasteiger partial charge in [0.25, 0.3) is 0 Å². The van der Waals surface area contributed by atoms with Crippen LogP contribution in [-0.2, 0) is 9.47 Å². The third-order valence-electron chi connectivity index (χ3n) is 2.49. The van der Waals surface area contributed by atoms with Crippen molar-refractivity contribution in [1.29, 1.82) is 0 Å². The van der Waals surface area contributed by atoms with E-state index in [1.165, 1.54) is 0 Å². The maximum atomic E-state index is 11.6. The number of amides is 1. The summed E-state index contributed by atoms with van der Waals surface area (Å²) in [6.07, 6.45) is 2.10. The van der Waals surface area contributed by atoms with Gasteiger partial charge in [-0.2, -0.15) is 0 Å². The van der Waals surface area contributed by atoms with E-state index in [-0.39, 0.29) is 11.6 Å². The maximum Gasteiger partial charge on any atom is 0.408 e. The fourth-order valence-corrected chi connectivity index (χ4v) is 1.04. The van der Waals surface area contributed by atoms with Gasteiger partial charge in [0.15, 0.2) is 0 Å². The monoisotopic (exact) mass is 257 g/mol. The highest BCUT2D eigenvalue weighted by molar-refractivity contribution is 5.68. The number of alkyl carbamates (subject to hydrolysis) is 1. The predicted octanol–water partition coefficient (Wildman–Crippen LogP) is 3.27. The summed E-state index contributed by atoms with van der Waals surface area (Å²) in [7, 11) is 0. The summed E-state index contributed by atoms with van der Waals surface area (Å²) < 4.78 is 10.9.